The van der Waals surface area contributed by atoms with E-state index in [1.54, 1.807) is 19.5 Å². The maximum atomic E-state index is 15.6. The standard InChI is InChI=1S/C32H33ClFN5O5S/c1-37-18-23(22-6-3-4-7-27(22)37)31(43)36-26-14-25(34)19(12-24(26)33)13-29(40)39(38-16-20(17-38)44-2)11-5-8-28(39)32-35-15-21(45-32)9-10-30(41)42/h3-4,6-7,12,14-15,18,20,28H,5,8-11,13,16-17H2,1-2H3,(H-,36,41,42,43)/p+1/t28-,39?/m0/s1. The number of likely N-dealkylation sites (tertiary alicyclic amines) is 1. The fourth-order valence-corrected chi connectivity index (χ4v) is 7.85. The fourth-order valence-electron chi connectivity index (χ4n) is 6.51. The average molecular weight is 655 g/mol. The number of anilines is 1. The molecule has 0 bridgehead atoms. The van der Waals surface area contributed by atoms with Crippen molar-refractivity contribution < 1.29 is 33.2 Å². The lowest BCUT2D eigenvalue weighted by Gasteiger charge is -2.50. The van der Waals surface area contributed by atoms with Crippen LogP contribution in [0, 0.1) is 5.82 Å². The number of carboxylic acid groups (broad SMARTS) is 1. The number of carbonyl (C=O) groups excluding carboxylic acids is 2. The van der Waals surface area contributed by atoms with Gasteiger partial charge >= 0.3 is 11.9 Å². The Morgan fingerprint density at radius 1 is 1.24 bits per heavy atom. The van der Waals surface area contributed by atoms with E-state index in [4.69, 9.17) is 21.4 Å². The number of carbonyl (C=O) groups is 3. The molecule has 2 aliphatic heterocycles. The van der Waals surface area contributed by atoms with E-state index in [2.05, 4.69) is 15.3 Å². The SMILES string of the molecule is COC1CN([N+]2(C(=O)Cc3cc(Cl)c(NC(=O)c4cn(C)c5ccccc45)cc3F)CCC[C@H]2c2ncc(CCC(=O)O)s2)C1. The number of benzene rings is 2. The molecule has 2 atom stereocenters. The molecule has 2 fully saturated rings. The minimum atomic E-state index is -0.878. The first-order chi connectivity index (χ1) is 21.6. The third kappa shape index (κ3) is 5.88. The van der Waals surface area contributed by atoms with E-state index in [1.807, 2.05) is 35.9 Å². The summed E-state index contributed by atoms with van der Waals surface area (Å²) in [5, 5.41) is 15.6. The van der Waals surface area contributed by atoms with Crippen molar-refractivity contribution in [3.05, 3.63) is 80.6 Å². The highest BCUT2D eigenvalue weighted by Gasteiger charge is 2.58. The van der Waals surface area contributed by atoms with Gasteiger partial charge in [-0.3, -0.25) is 9.59 Å². The summed E-state index contributed by atoms with van der Waals surface area (Å²) in [5.74, 6) is -2.12. The van der Waals surface area contributed by atoms with Gasteiger partial charge in [0, 0.05) is 60.7 Å². The number of aromatic nitrogens is 2. The van der Waals surface area contributed by atoms with Gasteiger partial charge in [-0.15, -0.1) is 16.3 Å². The Balaban J connectivity index is 1.25. The second-order valence-electron chi connectivity index (χ2n) is 11.6. The number of fused-ring (bicyclic) bond motifs is 1. The zero-order valence-electron chi connectivity index (χ0n) is 25.0. The maximum absolute atomic E-state index is 15.6. The summed E-state index contributed by atoms with van der Waals surface area (Å²) in [6, 6.07) is 9.81. The molecular weight excluding hydrogens is 621 g/mol. The number of methoxy groups -OCH3 is 1. The molecule has 6 rings (SSSR count). The Hall–Kier alpha value is -3.68. The van der Waals surface area contributed by atoms with Crippen LogP contribution < -0.4 is 5.32 Å². The number of halogens is 2. The minimum absolute atomic E-state index is 0.00235. The topological polar surface area (TPSA) is 114 Å². The van der Waals surface area contributed by atoms with Crippen LogP contribution in [0.1, 0.15) is 51.1 Å². The minimum Gasteiger partial charge on any atom is -0.481 e. The molecule has 10 nitrogen and oxygen atoms in total. The molecule has 2 N–H and O–H groups in total. The lowest BCUT2D eigenvalue weighted by atomic mass is 10.1. The first-order valence-electron chi connectivity index (χ1n) is 14.8. The van der Waals surface area contributed by atoms with Gasteiger partial charge in [0.2, 0.25) is 0 Å². The molecule has 13 heteroatoms. The number of nitrogens with one attached hydrogen (secondary N) is 1. The van der Waals surface area contributed by atoms with Gasteiger partial charge in [0.25, 0.3) is 5.91 Å². The Labute approximate surface area is 268 Å². The number of nitrogens with zero attached hydrogens (tertiary/aromatic N) is 4. The third-order valence-corrected chi connectivity index (χ3v) is 10.4. The highest BCUT2D eigenvalue weighted by molar-refractivity contribution is 7.11. The number of hydrogen-bond donors (Lipinski definition) is 2. The van der Waals surface area contributed by atoms with Gasteiger partial charge in [-0.25, -0.2) is 14.2 Å². The number of quaternary nitrogens is 1. The van der Waals surface area contributed by atoms with Crippen LogP contribution in [0.4, 0.5) is 10.1 Å². The lowest BCUT2D eigenvalue weighted by molar-refractivity contribution is -0.993. The number of amides is 2. The molecule has 2 saturated heterocycles. The molecule has 4 heterocycles. The van der Waals surface area contributed by atoms with Crippen molar-refractivity contribution in [3.63, 3.8) is 0 Å². The van der Waals surface area contributed by atoms with Gasteiger partial charge in [-0.05, 0) is 24.6 Å². The average Bonchev–Trinajstić information content (AvgIpc) is 3.72. The molecule has 45 heavy (non-hydrogen) atoms. The largest absolute Gasteiger partial charge is 0.481 e. The lowest BCUT2D eigenvalue weighted by Crippen LogP contribution is -2.71. The van der Waals surface area contributed by atoms with Gasteiger partial charge in [-0.1, -0.05) is 29.8 Å². The first-order valence-corrected chi connectivity index (χ1v) is 16.0. The first kappa shape index (κ1) is 31.3. The van der Waals surface area contributed by atoms with Crippen molar-refractivity contribution in [1.29, 1.82) is 0 Å². The van der Waals surface area contributed by atoms with Crippen LogP contribution in [0.15, 0.2) is 48.8 Å². The molecule has 0 radical (unpaired) electrons. The highest BCUT2D eigenvalue weighted by Crippen LogP contribution is 2.45. The van der Waals surface area contributed by atoms with Crippen LogP contribution in [0.3, 0.4) is 0 Å². The number of para-hydroxylation sites is 1. The Bertz CT molecular complexity index is 1790. The molecule has 1 unspecified atom stereocenters. The summed E-state index contributed by atoms with van der Waals surface area (Å²) in [4.78, 5) is 44.1. The van der Waals surface area contributed by atoms with Crippen molar-refractivity contribution in [3.8, 4) is 0 Å². The Morgan fingerprint density at radius 2 is 2.02 bits per heavy atom. The second-order valence-corrected chi connectivity index (χ2v) is 13.2. The second kappa shape index (κ2) is 12.6. The highest BCUT2D eigenvalue weighted by atomic mass is 35.5. The number of hydrogen-bond acceptors (Lipinski definition) is 7. The molecule has 2 aromatic heterocycles. The van der Waals surface area contributed by atoms with E-state index >= 15 is 4.39 Å². The number of aryl methyl sites for hydroxylation is 2. The fraction of sp³-hybridized carbons (Fsp3) is 0.375. The number of ether oxygens (including phenoxy) is 1. The van der Waals surface area contributed by atoms with E-state index in [9.17, 15) is 14.4 Å². The Kier molecular flexibility index (Phi) is 8.77. The van der Waals surface area contributed by atoms with Gasteiger partial charge in [-0.2, -0.15) is 4.59 Å². The molecule has 0 saturated carbocycles. The van der Waals surface area contributed by atoms with E-state index in [0.717, 1.165) is 27.2 Å². The van der Waals surface area contributed by atoms with Crippen LogP contribution in [0.25, 0.3) is 10.9 Å². The third-order valence-electron chi connectivity index (χ3n) is 8.90. The Morgan fingerprint density at radius 3 is 2.78 bits per heavy atom. The van der Waals surface area contributed by atoms with E-state index < -0.39 is 17.7 Å². The van der Waals surface area contributed by atoms with Crippen LogP contribution in [0.2, 0.25) is 5.02 Å². The summed E-state index contributed by atoms with van der Waals surface area (Å²) in [5.41, 5.74) is 1.59. The van der Waals surface area contributed by atoms with Crippen molar-refractivity contribution in [2.45, 2.75) is 44.2 Å². The molecule has 2 aromatic carbocycles. The van der Waals surface area contributed by atoms with Crippen molar-refractivity contribution in [2.24, 2.45) is 7.05 Å². The molecular formula is C32H34ClFN5O5S+. The summed E-state index contributed by atoms with van der Waals surface area (Å²) < 4.78 is 23.0. The van der Waals surface area contributed by atoms with Gasteiger partial charge in [0.1, 0.15) is 12.4 Å². The van der Waals surface area contributed by atoms with E-state index in [-0.39, 0.29) is 51.8 Å². The molecule has 4 aromatic rings. The predicted molar refractivity (Wildman–Crippen MR) is 169 cm³/mol. The monoisotopic (exact) mass is 654 g/mol. The van der Waals surface area contributed by atoms with Crippen molar-refractivity contribution in [2.75, 3.05) is 32.1 Å². The van der Waals surface area contributed by atoms with Crippen LogP contribution in [0.5, 0.6) is 0 Å². The van der Waals surface area contributed by atoms with Gasteiger partial charge in [0.15, 0.2) is 11.0 Å². The summed E-state index contributed by atoms with van der Waals surface area (Å²) in [7, 11) is 3.49. The normalized spacial score (nSPS) is 20.4. The number of carboxylic acids is 1. The molecule has 236 valence electrons. The molecule has 0 spiro atoms. The number of thiazole rings is 1. The number of aliphatic carboxylic acids is 1. The molecule has 2 amide bonds. The summed E-state index contributed by atoms with van der Waals surface area (Å²) in [6.07, 6.45) is 5.07. The van der Waals surface area contributed by atoms with Crippen molar-refractivity contribution >= 4 is 57.3 Å². The van der Waals surface area contributed by atoms with E-state index in [1.165, 1.54) is 23.5 Å². The maximum Gasteiger partial charge on any atom is 0.338 e. The zero-order chi connectivity index (χ0) is 31.9. The van der Waals surface area contributed by atoms with Crippen LogP contribution >= 0.6 is 22.9 Å². The molecule has 2 aliphatic rings. The summed E-state index contributed by atoms with van der Waals surface area (Å²) in [6.45, 7) is 1.65. The summed E-state index contributed by atoms with van der Waals surface area (Å²) >= 11 is 8.01. The number of rotatable bonds is 10. The van der Waals surface area contributed by atoms with E-state index in [0.29, 0.717) is 38.0 Å². The predicted octanol–water partition coefficient (Wildman–Crippen LogP) is 5.36. The van der Waals surface area contributed by atoms with Crippen LogP contribution in [-0.2, 0) is 34.2 Å². The smallest absolute Gasteiger partial charge is 0.338 e. The van der Waals surface area contributed by atoms with Crippen molar-refractivity contribution in [1.82, 2.24) is 14.6 Å². The van der Waals surface area contributed by atoms with Gasteiger partial charge < -0.3 is 19.7 Å². The van der Waals surface area contributed by atoms with Gasteiger partial charge in [0.05, 0.1) is 48.3 Å². The zero-order valence-corrected chi connectivity index (χ0v) is 26.5. The molecule has 0 aliphatic carbocycles. The van der Waals surface area contributed by atoms with Crippen LogP contribution in [-0.4, -0.2) is 74.9 Å². The quantitative estimate of drug-likeness (QED) is 0.221.